The van der Waals surface area contributed by atoms with E-state index in [1.165, 1.54) is 11.1 Å². The molecule has 0 aliphatic heterocycles. The number of ketones is 1. The van der Waals surface area contributed by atoms with Gasteiger partial charge in [0.2, 0.25) is 0 Å². The van der Waals surface area contributed by atoms with Gasteiger partial charge in [-0.05, 0) is 25.8 Å². The van der Waals surface area contributed by atoms with Crippen LogP contribution in [0.5, 0.6) is 0 Å². The molecule has 13 heavy (non-hydrogen) atoms. The Kier molecular flexibility index (Phi) is 3.67. The molecule has 2 heteroatoms. The van der Waals surface area contributed by atoms with E-state index in [1.54, 1.807) is 6.92 Å². The van der Waals surface area contributed by atoms with E-state index in [0.29, 0.717) is 0 Å². The molecule has 1 aromatic carbocycles. The molecule has 0 aliphatic rings. The number of benzene rings is 1. The third-order valence-corrected chi connectivity index (χ3v) is 2.91. The maximum absolute atomic E-state index is 11.0. The van der Waals surface area contributed by atoms with Gasteiger partial charge in [-0.3, -0.25) is 4.79 Å². The van der Waals surface area contributed by atoms with Crippen molar-refractivity contribution in [2.75, 3.05) is 0 Å². The van der Waals surface area contributed by atoms with E-state index < -0.39 is 0 Å². The lowest BCUT2D eigenvalue weighted by Crippen LogP contribution is -2.12. The van der Waals surface area contributed by atoms with E-state index in [-0.39, 0.29) is 10.6 Å². The second-order valence-electron chi connectivity index (χ2n) is 3.27. The molecule has 0 aliphatic carbocycles. The summed E-state index contributed by atoms with van der Waals surface area (Å²) < 4.78 is 0. The number of halogens is 1. The molecule has 0 spiro atoms. The fraction of sp³-hybridized carbons (Fsp3) is 0.364. The Morgan fingerprint density at radius 1 is 1.54 bits per heavy atom. The van der Waals surface area contributed by atoms with Crippen molar-refractivity contribution in [2.24, 2.45) is 0 Å². The van der Waals surface area contributed by atoms with Crippen molar-refractivity contribution in [1.29, 1.82) is 0 Å². The molecule has 0 N–H and O–H groups in total. The summed E-state index contributed by atoms with van der Waals surface area (Å²) in [4.78, 5) is 10.9. The number of hydrogen-bond acceptors (Lipinski definition) is 1. The lowest BCUT2D eigenvalue weighted by Gasteiger charge is -2.06. The van der Waals surface area contributed by atoms with Crippen LogP contribution in [0.4, 0.5) is 0 Å². The van der Waals surface area contributed by atoms with Crippen LogP contribution in [0.2, 0.25) is 0 Å². The topological polar surface area (TPSA) is 17.1 Å². The van der Waals surface area contributed by atoms with Crippen molar-refractivity contribution in [3.63, 3.8) is 0 Å². The minimum atomic E-state index is -0.0469. The number of Topliss-reactive ketones (excluding diaryl/α,β-unsaturated/α-hetero) is 1. The zero-order valence-corrected chi connectivity index (χ0v) is 9.47. The van der Waals surface area contributed by atoms with Gasteiger partial charge in [-0.1, -0.05) is 45.8 Å². The molecule has 1 nitrogen and oxygen atoms in total. The molecule has 0 aromatic heterocycles. The van der Waals surface area contributed by atoms with Gasteiger partial charge in [0.05, 0.1) is 4.83 Å². The Morgan fingerprint density at radius 2 is 2.23 bits per heavy atom. The van der Waals surface area contributed by atoms with Gasteiger partial charge < -0.3 is 0 Å². The Bertz CT molecular complexity index is 307. The fourth-order valence-electron chi connectivity index (χ4n) is 1.19. The summed E-state index contributed by atoms with van der Waals surface area (Å²) >= 11 is 3.35. The van der Waals surface area contributed by atoms with Gasteiger partial charge >= 0.3 is 0 Å². The number of rotatable bonds is 3. The van der Waals surface area contributed by atoms with Crippen molar-refractivity contribution >= 4 is 21.7 Å². The van der Waals surface area contributed by atoms with Crippen LogP contribution < -0.4 is 0 Å². The highest BCUT2D eigenvalue weighted by molar-refractivity contribution is 9.10. The Balaban J connectivity index is 2.69. The predicted molar refractivity (Wildman–Crippen MR) is 58.3 cm³/mol. The number of carbonyl (C=O) groups excluding carboxylic acids is 1. The van der Waals surface area contributed by atoms with Crippen molar-refractivity contribution in [3.8, 4) is 0 Å². The SMILES string of the molecule is CC(=O)C(Br)Cc1cccc(C)c1. The molecule has 0 heterocycles. The summed E-state index contributed by atoms with van der Waals surface area (Å²) in [6.45, 7) is 3.66. The largest absolute Gasteiger partial charge is 0.299 e. The van der Waals surface area contributed by atoms with Crippen molar-refractivity contribution in [1.82, 2.24) is 0 Å². The van der Waals surface area contributed by atoms with Crippen molar-refractivity contribution in [3.05, 3.63) is 35.4 Å². The highest BCUT2D eigenvalue weighted by Crippen LogP contribution is 2.12. The molecule has 0 saturated heterocycles. The zero-order chi connectivity index (χ0) is 9.84. The van der Waals surface area contributed by atoms with Gasteiger partial charge in [-0.2, -0.15) is 0 Å². The fourth-order valence-corrected chi connectivity index (χ4v) is 1.56. The first-order valence-corrected chi connectivity index (χ1v) is 5.21. The predicted octanol–water partition coefficient (Wildman–Crippen LogP) is 2.89. The van der Waals surface area contributed by atoms with Gasteiger partial charge in [-0.15, -0.1) is 0 Å². The first-order valence-electron chi connectivity index (χ1n) is 4.29. The molecule has 0 saturated carbocycles. The maximum Gasteiger partial charge on any atom is 0.143 e. The summed E-state index contributed by atoms with van der Waals surface area (Å²) in [5.41, 5.74) is 2.44. The number of hydrogen-bond donors (Lipinski definition) is 0. The van der Waals surface area contributed by atoms with E-state index >= 15 is 0 Å². The van der Waals surface area contributed by atoms with Gasteiger partial charge in [0, 0.05) is 0 Å². The number of aryl methyl sites for hydroxylation is 1. The summed E-state index contributed by atoms with van der Waals surface area (Å²) in [6, 6.07) is 8.23. The minimum Gasteiger partial charge on any atom is -0.299 e. The highest BCUT2D eigenvalue weighted by Gasteiger charge is 2.09. The molecule has 0 fully saturated rings. The molecule has 1 atom stereocenters. The summed E-state index contributed by atoms with van der Waals surface area (Å²) in [5.74, 6) is 0.182. The van der Waals surface area contributed by atoms with Crippen LogP contribution >= 0.6 is 15.9 Å². The summed E-state index contributed by atoms with van der Waals surface area (Å²) in [5, 5.41) is 0. The van der Waals surface area contributed by atoms with E-state index in [0.717, 1.165) is 6.42 Å². The van der Waals surface area contributed by atoms with Crippen LogP contribution in [0.25, 0.3) is 0 Å². The van der Waals surface area contributed by atoms with Crippen molar-refractivity contribution in [2.45, 2.75) is 25.1 Å². The smallest absolute Gasteiger partial charge is 0.143 e. The quantitative estimate of drug-likeness (QED) is 0.743. The van der Waals surface area contributed by atoms with Crippen LogP contribution in [-0.4, -0.2) is 10.6 Å². The Morgan fingerprint density at radius 3 is 2.77 bits per heavy atom. The second kappa shape index (κ2) is 4.56. The normalized spacial score (nSPS) is 12.5. The van der Waals surface area contributed by atoms with Crippen LogP contribution in [0, 0.1) is 6.92 Å². The minimum absolute atomic E-state index is 0.0469. The van der Waals surface area contributed by atoms with Crippen LogP contribution in [0.1, 0.15) is 18.1 Å². The Labute approximate surface area is 87.3 Å². The van der Waals surface area contributed by atoms with E-state index in [1.807, 2.05) is 12.1 Å². The monoisotopic (exact) mass is 240 g/mol. The molecule has 1 unspecified atom stereocenters. The van der Waals surface area contributed by atoms with Gasteiger partial charge in [0.1, 0.15) is 5.78 Å². The van der Waals surface area contributed by atoms with Crippen LogP contribution in [0.15, 0.2) is 24.3 Å². The summed E-state index contributed by atoms with van der Waals surface area (Å²) in [6.07, 6.45) is 0.775. The van der Waals surface area contributed by atoms with E-state index in [4.69, 9.17) is 0 Å². The number of alkyl halides is 1. The van der Waals surface area contributed by atoms with Crippen molar-refractivity contribution < 1.29 is 4.79 Å². The summed E-state index contributed by atoms with van der Waals surface area (Å²) in [7, 11) is 0. The lowest BCUT2D eigenvalue weighted by atomic mass is 10.1. The number of carbonyl (C=O) groups is 1. The molecular formula is C11H13BrO. The molecule has 70 valence electrons. The highest BCUT2D eigenvalue weighted by atomic mass is 79.9. The third-order valence-electron chi connectivity index (χ3n) is 1.94. The molecule has 0 amide bonds. The van der Waals surface area contributed by atoms with Crippen LogP contribution in [-0.2, 0) is 11.2 Å². The first-order chi connectivity index (χ1) is 6.09. The van der Waals surface area contributed by atoms with Crippen LogP contribution in [0.3, 0.4) is 0 Å². The van der Waals surface area contributed by atoms with Gasteiger partial charge in [-0.25, -0.2) is 0 Å². The molecular weight excluding hydrogens is 228 g/mol. The Hall–Kier alpha value is -0.630. The van der Waals surface area contributed by atoms with Gasteiger partial charge in [0.25, 0.3) is 0 Å². The second-order valence-corrected chi connectivity index (χ2v) is 4.38. The standard InChI is InChI=1S/C11H13BrO/c1-8-4-3-5-10(6-8)7-11(12)9(2)13/h3-6,11H,7H2,1-2H3. The molecule has 0 radical (unpaired) electrons. The molecule has 0 bridgehead atoms. The lowest BCUT2D eigenvalue weighted by molar-refractivity contribution is -0.116. The zero-order valence-electron chi connectivity index (χ0n) is 7.88. The molecule has 1 rings (SSSR count). The van der Waals surface area contributed by atoms with Gasteiger partial charge in [0.15, 0.2) is 0 Å². The third kappa shape index (κ3) is 3.31. The molecule has 1 aromatic rings. The maximum atomic E-state index is 11.0. The average Bonchev–Trinajstić information content (AvgIpc) is 2.04. The average molecular weight is 241 g/mol. The van der Waals surface area contributed by atoms with E-state index in [2.05, 4.69) is 35.0 Å². The first kappa shape index (κ1) is 10.5. The van der Waals surface area contributed by atoms with E-state index in [9.17, 15) is 4.79 Å².